The lowest BCUT2D eigenvalue weighted by Crippen LogP contribution is -2.15. The summed E-state index contributed by atoms with van der Waals surface area (Å²) in [4.78, 5) is 0. The predicted molar refractivity (Wildman–Crippen MR) is 134 cm³/mol. The number of benzene rings is 3. The topological polar surface area (TPSA) is 12.5 Å². The van der Waals surface area contributed by atoms with E-state index in [9.17, 15) is 13.2 Å². The SMILES string of the molecule is CCCC1CCC(c2ccc(CCc3ccc(-c4ccc(C5CO5)cc4F)cc3)c(F)c2F)CC1. The van der Waals surface area contributed by atoms with E-state index in [1.165, 1.54) is 12.8 Å². The van der Waals surface area contributed by atoms with Crippen molar-refractivity contribution in [3.05, 3.63) is 94.3 Å². The Morgan fingerprint density at radius 1 is 0.829 bits per heavy atom. The van der Waals surface area contributed by atoms with Gasteiger partial charge in [0.05, 0.1) is 6.61 Å². The third-order valence-corrected chi connectivity index (χ3v) is 7.82. The van der Waals surface area contributed by atoms with Crippen LogP contribution in [0.5, 0.6) is 0 Å². The molecule has 1 saturated carbocycles. The molecule has 3 aromatic rings. The first-order chi connectivity index (χ1) is 17.0. The van der Waals surface area contributed by atoms with Gasteiger partial charge in [-0.1, -0.05) is 68.3 Å². The molecule has 35 heavy (non-hydrogen) atoms. The fourth-order valence-corrected chi connectivity index (χ4v) is 5.62. The Bertz CT molecular complexity index is 1160. The molecule has 0 aromatic heterocycles. The van der Waals surface area contributed by atoms with E-state index in [-0.39, 0.29) is 17.8 Å². The highest BCUT2D eigenvalue weighted by molar-refractivity contribution is 5.65. The maximum absolute atomic E-state index is 15.0. The molecule has 0 N–H and O–H groups in total. The van der Waals surface area contributed by atoms with Crippen LogP contribution in [0.25, 0.3) is 11.1 Å². The summed E-state index contributed by atoms with van der Waals surface area (Å²) in [6.07, 6.45) is 7.60. The van der Waals surface area contributed by atoms with Crippen LogP contribution in [0.15, 0.2) is 54.6 Å². The molecule has 4 heteroatoms. The average molecular weight is 479 g/mol. The van der Waals surface area contributed by atoms with Crippen molar-refractivity contribution in [1.82, 2.24) is 0 Å². The number of hydrogen-bond acceptors (Lipinski definition) is 1. The van der Waals surface area contributed by atoms with Gasteiger partial charge in [-0.05, 0) is 84.2 Å². The number of halogens is 3. The molecule has 3 aromatic carbocycles. The van der Waals surface area contributed by atoms with Gasteiger partial charge in [-0.25, -0.2) is 13.2 Å². The molecule has 184 valence electrons. The van der Waals surface area contributed by atoms with Crippen LogP contribution in [0, 0.1) is 23.4 Å². The molecule has 1 heterocycles. The quantitative estimate of drug-likeness (QED) is 0.295. The molecule has 2 fully saturated rings. The van der Waals surface area contributed by atoms with E-state index in [2.05, 4.69) is 6.92 Å². The average Bonchev–Trinajstić information content (AvgIpc) is 3.72. The number of aryl methyl sites for hydroxylation is 2. The summed E-state index contributed by atoms with van der Waals surface area (Å²) in [5.74, 6) is -0.750. The minimum Gasteiger partial charge on any atom is -0.368 e. The van der Waals surface area contributed by atoms with Gasteiger partial charge in [-0.15, -0.1) is 0 Å². The van der Waals surface area contributed by atoms with E-state index in [4.69, 9.17) is 4.74 Å². The van der Waals surface area contributed by atoms with E-state index in [1.54, 1.807) is 24.3 Å². The fraction of sp³-hybridized carbons (Fsp3) is 0.419. The predicted octanol–water partition coefficient (Wildman–Crippen LogP) is 8.70. The Labute approximate surface area is 206 Å². The summed E-state index contributed by atoms with van der Waals surface area (Å²) in [7, 11) is 0. The second kappa shape index (κ2) is 10.6. The molecule has 2 aliphatic rings. The van der Waals surface area contributed by atoms with Crippen LogP contribution in [0.2, 0.25) is 0 Å². The van der Waals surface area contributed by atoms with Crippen LogP contribution in [0.1, 0.15) is 79.7 Å². The molecule has 5 rings (SSSR count). The Hall–Kier alpha value is -2.59. The summed E-state index contributed by atoms with van der Waals surface area (Å²) >= 11 is 0. The molecule has 0 radical (unpaired) electrons. The third-order valence-electron chi connectivity index (χ3n) is 7.82. The Morgan fingerprint density at radius 3 is 2.23 bits per heavy atom. The minimum atomic E-state index is -0.698. The van der Waals surface area contributed by atoms with Crippen molar-refractivity contribution < 1.29 is 17.9 Å². The lowest BCUT2D eigenvalue weighted by molar-refractivity contribution is 0.302. The van der Waals surface area contributed by atoms with Crippen LogP contribution in [0.4, 0.5) is 13.2 Å². The van der Waals surface area contributed by atoms with E-state index < -0.39 is 11.6 Å². The Balaban J connectivity index is 1.21. The van der Waals surface area contributed by atoms with Gasteiger partial charge in [0.25, 0.3) is 0 Å². The molecule has 1 unspecified atom stereocenters. The smallest absolute Gasteiger partial charge is 0.162 e. The first kappa shape index (κ1) is 24.1. The third kappa shape index (κ3) is 5.48. The highest BCUT2D eigenvalue weighted by Gasteiger charge is 2.27. The van der Waals surface area contributed by atoms with Gasteiger partial charge in [0.2, 0.25) is 0 Å². The number of epoxide rings is 1. The Morgan fingerprint density at radius 2 is 1.57 bits per heavy atom. The molecule has 1 nitrogen and oxygen atoms in total. The highest BCUT2D eigenvalue weighted by Crippen LogP contribution is 2.39. The summed E-state index contributed by atoms with van der Waals surface area (Å²) in [6, 6.07) is 16.4. The van der Waals surface area contributed by atoms with Gasteiger partial charge in [-0.2, -0.15) is 0 Å². The summed E-state index contributed by atoms with van der Waals surface area (Å²) in [5.41, 5.74) is 4.19. The van der Waals surface area contributed by atoms with Crippen molar-refractivity contribution in [2.45, 2.75) is 70.3 Å². The lowest BCUT2D eigenvalue weighted by atomic mass is 9.77. The second-order valence-corrected chi connectivity index (χ2v) is 10.2. The monoisotopic (exact) mass is 478 g/mol. The zero-order valence-electron chi connectivity index (χ0n) is 20.3. The molecule has 0 spiro atoms. The molecular weight excluding hydrogens is 445 g/mol. The van der Waals surface area contributed by atoms with E-state index in [1.807, 2.05) is 30.3 Å². The standard InChI is InChI=1S/C31H33F3O/c1-2-3-20-4-11-23(12-5-20)27-17-14-24(30(33)31(27)34)13-8-21-6-9-22(10-7-21)26-16-15-25(18-28(26)32)29-19-35-29/h6-7,9-10,14-18,20,23,29H,2-5,8,11-13,19H2,1H3. The number of rotatable bonds is 8. The van der Waals surface area contributed by atoms with E-state index >= 15 is 0 Å². The van der Waals surface area contributed by atoms with Gasteiger partial charge in [-0.3, -0.25) is 0 Å². The van der Waals surface area contributed by atoms with Crippen LogP contribution in [0.3, 0.4) is 0 Å². The molecular formula is C31H33F3O. The van der Waals surface area contributed by atoms with Gasteiger partial charge in [0, 0.05) is 5.56 Å². The van der Waals surface area contributed by atoms with Crippen molar-refractivity contribution in [3.63, 3.8) is 0 Å². The maximum atomic E-state index is 15.0. The fourth-order valence-electron chi connectivity index (χ4n) is 5.62. The summed E-state index contributed by atoms with van der Waals surface area (Å²) in [6.45, 7) is 2.86. The maximum Gasteiger partial charge on any atom is 0.162 e. The van der Waals surface area contributed by atoms with Crippen molar-refractivity contribution >= 4 is 0 Å². The van der Waals surface area contributed by atoms with E-state index in [0.29, 0.717) is 36.1 Å². The van der Waals surface area contributed by atoms with Gasteiger partial charge >= 0.3 is 0 Å². The lowest BCUT2D eigenvalue weighted by Gasteiger charge is -2.29. The van der Waals surface area contributed by atoms with Crippen LogP contribution in [-0.4, -0.2) is 6.61 Å². The Kier molecular flexibility index (Phi) is 7.29. The molecule has 1 saturated heterocycles. The zero-order valence-corrected chi connectivity index (χ0v) is 20.3. The normalized spacial score (nSPS) is 21.8. The molecule has 0 amide bonds. The van der Waals surface area contributed by atoms with Crippen molar-refractivity contribution in [2.24, 2.45) is 5.92 Å². The first-order valence-corrected chi connectivity index (χ1v) is 13.0. The second-order valence-electron chi connectivity index (χ2n) is 10.2. The van der Waals surface area contributed by atoms with Crippen molar-refractivity contribution in [2.75, 3.05) is 6.61 Å². The number of hydrogen-bond donors (Lipinski definition) is 0. The summed E-state index contributed by atoms with van der Waals surface area (Å²) in [5, 5.41) is 0. The van der Waals surface area contributed by atoms with Crippen molar-refractivity contribution in [1.29, 1.82) is 0 Å². The van der Waals surface area contributed by atoms with Gasteiger partial charge in [0.15, 0.2) is 11.6 Å². The van der Waals surface area contributed by atoms with Gasteiger partial charge < -0.3 is 4.74 Å². The first-order valence-electron chi connectivity index (χ1n) is 13.0. The number of ether oxygens (including phenoxy) is 1. The zero-order chi connectivity index (χ0) is 24.4. The molecule has 0 bridgehead atoms. The van der Waals surface area contributed by atoms with Crippen LogP contribution >= 0.6 is 0 Å². The van der Waals surface area contributed by atoms with Gasteiger partial charge in [0.1, 0.15) is 11.9 Å². The van der Waals surface area contributed by atoms with Crippen LogP contribution in [-0.2, 0) is 17.6 Å². The van der Waals surface area contributed by atoms with Crippen LogP contribution < -0.4 is 0 Å². The molecule has 1 aliphatic carbocycles. The molecule has 1 atom stereocenters. The van der Waals surface area contributed by atoms with Crippen molar-refractivity contribution in [3.8, 4) is 11.1 Å². The highest BCUT2D eigenvalue weighted by atomic mass is 19.2. The molecule has 1 aliphatic heterocycles. The summed E-state index contributed by atoms with van der Waals surface area (Å²) < 4.78 is 49.7. The van der Waals surface area contributed by atoms with E-state index in [0.717, 1.165) is 48.3 Å². The minimum absolute atomic E-state index is 0.0287. The largest absolute Gasteiger partial charge is 0.368 e.